The Bertz CT molecular complexity index is 840. The van der Waals surface area contributed by atoms with Crippen molar-refractivity contribution < 1.29 is 19.0 Å². The zero-order valence-corrected chi connectivity index (χ0v) is 20.3. The maximum absolute atomic E-state index is 11.5. The average Bonchev–Trinajstić information content (AvgIpc) is 2.63. The van der Waals surface area contributed by atoms with Crippen LogP contribution in [0.25, 0.3) is 0 Å². The van der Waals surface area contributed by atoms with Crippen LogP contribution in [0.15, 0.2) is 23.8 Å². The van der Waals surface area contributed by atoms with Crippen LogP contribution in [0.4, 0.5) is 0 Å². The number of rotatable bonds is 6. The van der Waals surface area contributed by atoms with Crippen LogP contribution in [0.1, 0.15) is 65.5 Å². The molecule has 0 atom stereocenters. The Labute approximate surface area is 181 Å². The van der Waals surface area contributed by atoms with E-state index in [4.69, 9.17) is 14.2 Å². The monoisotopic (exact) mass is 464 g/mol. The zero-order chi connectivity index (χ0) is 21.7. The first-order valence-electron chi connectivity index (χ1n) is 9.94. The molecule has 1 aliphatic carbocycles. The molecule has 1 aliphatic rings. The van der Waals surface area contributed by atoms with Gasteiger partial charge in [0.25, 0.3) is 0 Å². The number of esters is 1. The molecule has 4 nitrogen and oxygen atoms in total. The molecular weight excluding hydrogens is 431 g/mol. The number of hydrogen-bond donors (Lipinski definition) is 0. The molecule has 5 heteroatoms. The van der Waals surface area contributed by atoms with Crippen molar-refractivity contribution in [3.8, 4) is 16.5 Å². The Morgan fingerprint density at radius 3 is 2.55 bits per heavy atom. The second kappa shape index (κ2) is 9.85. The van der Waals surface area contributed by atoms with Crippen LogP contribution in [-0.2, 0) is 25.1 Å². The van der Waals surface area contributed by atoms with Gasteiger partial charge in [0.2, 0.25) is 0 Å². The Kier molecular flexibility index (Phi) is 8.00. The fourth-order valence-electron chi connectivity index (χ4n) is 3.56. The molecule has 0 spiro atoms. The first-order valence-corrected chi connectivity index (χ1v) is 11.7. The predicted molar refractivity (Wildman–Crippen MR) is 118 cm³/mol. The molecule has 0 N–H and O–H groups in total. The number of hydrogen-bond acceptors (Lipinski definition) is 4. The summed E-state index contributed by atoms with van der Waals surface area (Å²) in [6, 6.07) is 4.41. The van der Waals surface area contributed by atoms with Crippen molar-refractivity contribution in [1.29, 1.82) is 0 Å². The maximum atomic E-state index is 11.5. The van der Waals surface area contributed by atoms with Crippen molar-refractivity contribution in [2.24, 2.45) is 0 Å². The molecule has 0 saturated heterocycles. The number of carbonyl (C=O) groups is 1. The standard InChI is InChI=1S/C24H32O4Se/c1-8-27-21(25)13-17(2)9-12-29-18-14-19-22(20(15-18)28-16-26-7)24(5,6)11-10-23(19,3)4/h13-15H,8,10-11,16H2,1-7H3/b17-13+. The van der Waals surface area contributed by atoms with Gasteiger partial charge in [-0.2, -0.15) is 0 Å². The van der Waals surface area contributed by atoms with Crippen molar-refractivity contribution in [3.05, 3.63) is 34.9 Å². The van der Waals surface area contributed by atoms with Gasteiger partial charge >= 0.3 is 182 Å². The van der Waals surface area contributed by atoms with Crippen molar-refractivity contribution in [3.63, 3.8) is 0 Å². The van der Waals surface area contributed by atoms with Gasteiger partial charge in [-0.05, 0) is 0 Å². The molecule has 0 unspecified atom stereocenters. The predicted octanol–water partition coefficient (Wildman–Crippen LogP) is 3.82. The van der Waals surface area contributed by atoms with E-state index in [9.17, 15) is 4.79 Å². The van der Waals surface area contributed by atoms with Gasteiger partial charge in [-0.25, -0.2) is 0 Å². The minimum absolute atomic E-state index is 0.0539. The first-order chi connectivity index (χ1) is 13.6. The number of benzene rings is 1. The van der Waals surface area contributed by atoms with Crippen LogP contribution in [0.2, 0.25) is 0 Å². The van der Waals surface area contributed by atoms with Crippen LogP contribution >= 0.6 is 0 Å². The zero-order valence-electron chi connectivity index (χ0n) is 18.6. The quantitative estimate of drug-likeness (QED) is 0.212. The van der Waals surface area contributed by atoms with Crippen molar-refractivity contribution in [1.82, 2.24) is 0 Å². The Balaban J connectivity index is 2.38. The molecule has 1 aromatic carbocycles. The van der Waals surface area contributed by atoms with Crippen LogP contribution in [-0.4, -0.2) is 41.4 Å². The Hall–Kier alpha value is -1.73. The van der Waals surface area contributed by atoms with E-state index in [1.807, 2.05) is 6.92 Å². The average molecular weight is 463 g/mol. The number of fused-ring (bicyclic) bond motifs is 1. The van der Waals surface area contributed by atoms with Crippen LogP contribution < -0.4 is 9.20 Å². The van der Waals surface area contributed by atoms with E-state index in [0.717, 1.165) is 18.6 Å². The van der Waals surface area contributed by atoms with E-state index < -0.39 is 0 Å². The van der Waals surface area contributed by atoms with E-state index in [2.05, 4.69) is 50.6 Å². The summed E-state index contributed by atoms with van der Waals surface area (Å²) in [7, 11) is 1.64. The number of allylic oxidation sites excluding steroid dienone is 1. The van der Waals surface area contributed by atoms with Crippen LogP contribution in [0, 0.1) is 10.7 Å². The summed E-state index contributed by atoms with van der Waals surface area (Å²) in [6.07, 6.45) is 3.71. The number of carbonyl (C=O) groups excluding carboxylic acids is 1. The van der Waals surface area contributed by atoms with E-state index >= 15 is 0 Å². The third-order valence-electron chi connectivity index (χ3n) is 5.23. The molecule has 0 aromatic heterocycles. The van der Waals surface area contributed by atoms with Gasteiger partial charge < -0.3 is 0 Å². The molecule has 0 amide bonds. The van der Waals surface area contributed by atoms with Crippen LogP contribution in [0.5, 0.6) is 5.75 Å². The topological polar surface area (TPSA) is 44.8 Å². The summed E-state index contributed by atoms with van der Waals surface area (Å²) in [4.78, 5) is 14.8. The molecule has 2 rings (SSSR count). The van der Waals surface area contributed by atoms with Crippen molar-refractivity contribution >= 4 is 25.4 Å². The normalized spacial score (nSPS) is 17.0. The van der Waals surface area contributed by atoms with E-state index in [1.165, 1.54) is 21.7 Å². The molecule has 1 aromatic rings. The summed E-state index contributed by atoms with van der Waals surface area (Å²) >= 11 is -0.0539. The first kappa shape index (κ1) is 23.5. The third-order valence-corrected chi connectivity index (χ3v) is 6.64. The van der Waals surface area contributed by atoms with Gasteiger partial charge in [0.15, 0.2) is 0 Å². The molecule has 158 valence electrons. The summed E-state index contributed by atoms with van der Waals surface area (Å²) in [5.41, 5.74) is 3.50. The van der Waals surface area contributed by atoms with Crippen molar-refractivity contribution in [2.45, 2.75) is 65.2 Å². The Morgan fingerprint density at radius 1 is 1.21 bits per heavy atom. The fourth-order valence-corrected chi connectivity index (χ4v) is 4.97. The molecule has 0 radical (unpaired) electrons. The molecule has 0 heterocycles. The second-order valence-corrected chi connectivity index (χ2v) is 10.4. The summed E-state index contributed by atoms with van der Waals surface area (Å²) in [5.74, 6) is 3.63. The van der Waals surface area contributed by atoms with E-state index in [1.54, 1.807) is 14.0 Å². The summed E-state index contributed by atoms with van der Waals surface area (Å²) < 4.78 is 17.3. The number of ether oxygens (including phenoxy) is 3. The summed E-state index contributed by atoms with van der Waals surface area (Å²) in [6.45, 7) is 13.4. The molecule has 0 aliphatic heterocycles. The Morgan fingerprint density at radius 2 is 1.90 bits per heavy atom. The van der Waals surface area contributed by atoms with E-state index in [-0.39, 0.29) is 38.5 Å². The molecule has 0 bridgehead atoms. The third kappa shape index (κ3) is 6.12. The van der Waals surface area contributed by atoms with Gasteiger partial charge in [-0.3, -0.25) is 0 Å². The molecule has 0 saturated carbocycles. The molecule has 0 fully saturated rings. The van der Waals surface area contributed by atoms with Gasteiger partial charge in [0, 0.05) is 0 Å². The van der Waals surface area contributed by atoms with Crippen LogP contribution in [0.3, 0.4) is 0 Å². The summed E-state index contributed by atoms with van der Waals surface area (Å²) in [5, 5.41) is 0. The fraction of sp³-hybridized carbons (Fsp3) is 0.542. The molecule has 29 heavy (non-hydrogen) atoms. The number of methoxy groups -OCH3 is 1. The van der Waals surface area contributed by atoms with Gasteiger partial charge in [0.05, 0.1) is 0 Å². The van der Waals surface area contributed by atoms with Gasteiger partial charge in [0.1, 0.15) is 0 Å². The molecular formula is C24H32O4Se. The van der Waals surface area contributed by atoms with Crippen molar-refractivity contribution in [2.75, 3.05) is 20.5 Å². The second-order valence-electron chi connectivity index (χ2n) is 8.57. The van der Waals surface area contributed by atoms with E-state index in [0.29, 0.717) is 12.2 Å². The minimum atomic E-state index is -0.347. The van der Waals surface area contributed by atoms with Gasteiger partial charge in [-0.1, -0.05) is 0 Å². The van der Waals surface area contributed by atoms with Gasteiger partial charge in [-0.15, -0.1) is 0 Å². The SMILES string of the molecule is CCOC(=O)/C=C(\C)C#C[Se]c1cc(OCOC)c2c(c1)C(C)(C)CCC2(C)C.